The van der Waals surface area contributed by atoms with E-state index >= 15 is 0 Å². The van der Waals surface area contributed by atoms with Gasteiger partial charge < -0.3 is 10.6 Å². The first-order valence-corrected chi connectivity index (χ1v) is 5.03. The molecule has 1 rings (SSSR count). The molecule has 0 fully saturated rings. The molecule has 0 unspecified atom stereocenters. The third-order valence-corrected chi connectivity index (χ3v) is 1.64. The molecular formula is C9H17N5. The van der Waals surface area contributed by atoms with Crippen molar-refractivity contribution in [3.05, 3.63) is 6.33 Å². The molecule has 1 heterocycles. The van der Waals surface area contributed by atoms with Gasteiger partial charge in [-0.25, -0.2) is 9.97 Å². The van der Waals surface area contributed by atoms with E-state index in [1.54, 1.807) is 0 Å². The second-order valence-corrected chi connectivity index (χ2v) is 2.99. The van der Waals surface area contributed by atoms with Gasteiger partial charge in [-0.3, -0.25) is 0 Å². The average molecular weight is 195 g/mol. The van der Waals surface area contributed by atoms with Crippen molar-refractivity contribution in [2.24, 2.45) is 0 Å². The standard InChI is InChI=1S/C9H17N5/c1-3-5-10-8-12-7-13-9(14-8)11-6-4-2/h7H,3-6H2,1-2H3,(H2,10,11,12,13,14). The van der Waals surface area contributed by atoms with Crippen LogP contribution in [0.3, 0.4) is 0 Å². The zero-order valence-electron chi connectivity index (χ0n) is 8.75. The molecule has 0 bridgehead atoms. The van der Waals surface area contributed by atoms with Crippen LogP contribution in [0.2, 0.25) is 0 Å². The van der Waals surface area contributed by atoms with Crippen LogP contribution in [0.15, 0.2) is 6.33 Å². The van der Waals surface area contributed by atoms with Crippen LogP contribution in [0.1, 0.15) is 26.7 Å². The molecule has 0 aliphatic rings. The summed E-state index contributed by atoms with van der Waals surface area (Å²) in [4.78, 5) is 12.2. The van der Waals surface area contributed by atoms with Crippen LogP contribution in [0.25, 0.3) is 0 Å². The summed E-state index contributed by atoms with van der Waals surface area (Å²) in [5.41, 5.74) is 0. The van der Waals surface area contributed by atoms with Gasteiger partial charge in [-0.15, -0.1) is 0 Å². The molecule has 0 spiro atoms. The Kier molecular flexibility index (Phi) is 4.68. The molecule has 0 aliphatic heterocycles. The highest BCUT2D eigenvalue weighted by Gasteiger charge is 1.97. The van der Waals surface area contributed by atoms with Crippen LogP contribution < -0.4 is 10.6 Å². The van der Waals surface area contributed by atoms with E-state index in [2.05, 4.69) is 39.4 Å². The molecule has 1 aromatic rings. The number of aromatic nitrogens is 3. The predicted octanol–water partition coefficient (Wildman–Crippen LogP) is 1.52. The topological polar surface area (TPSA) is 62.7 Å². The van der Waals surface area contributed by atoms with Gasteiger partial charge in [-0.1, -0.05) is 13.8 Å². The average Bonchev–Trinajstić information content (AvgIpc) is 2.24. The summed E-state index contributed by atoms with van der Waals surface area (Å²) < 4.78 is 0. The second kappa shape index (κ2) is 6.12. The van der Waals surface area contributed by atoms with Crippen LogP contribution in [0.5, 0.6) is 0 Å². The Hall–Kier alpha value is -1.39. The predicted molar refractivity (Wildman–Crippen MR) is 57.4 cm³/mol. The summed E-state index contributed by atoms with van der Waals surface area (Å²) in [7, 11) is 0. The molecule has 0 saturated carbocycles. The van der Waals surface area contributed by atoms with E-state index in [1.165, 1.54) is 6.33 Å². The van der Waals surface area contributed by atoms with E-state index in [1.807, 2.05) is 0 Å². The highest BCUT2D eigenvalue weighted by atomic mass is 15.2. The number of anilines is 2. The fraction of sp³-hybridized carbons (Fsp3) is 0.667. The van der Waals surface area contributed by atoms with Gasteiger partial charge in [-0.2, -0.15) is 4.98 Å². The third kappa shape index (κ3) is 3.55. The van der Waals surface area contributed by atoms with Crippen molar-refractivity contribution in [3.63, 3.8) is 0 Å². The molecular weight excluding hydrogens is 178 g/mol. The molecule has 14 heavy (non-hydrogen) atoms. The maximum absolute atomic E-state index is 4.20. The minimum Gasteiger partial charge on any atom is -0.354 e. The second-order valence-electron chi connectivity index (χ2n) is 2.99. The fourth-order valence-electron chi connectivity index (χ4n) is 0.940. The Morgan fingerprint density at radius 2 is 1.50 bits per heavy atom. The summed E-state index contributed by atoms with van der Waals surface area (Å²) in [5.74, 6) is 1.28. The maximum Gasteiger partial charge on any atom is 0.227 e. The van der Waals surface area contributed by atoms with Gasteiger partial charge in [0.05, 0.1) is 0 Å². The Morgan fingerprint density at radius 1 is 1.00 bits per heavy atom. The molecule has 78 valence electrons. The summed E-state index contributed by atoms with van der Waals surface area (Å²) in [6.07, 6.45) is 3.63. The van der Waals surface area contributed by atoms with Crippen LogP contribution >= 0.6 is 0 Å². The molecule has 0 amide bonds. The molecule has 5 heteroatoms. The van der Waals surface area contributed by atoms with E-state index in [0.29, 0.717) is 11.9 Å². The number of nitrogens with zero attached hydrogens (tertiary/aromatic N) is 3. The third-order valence-electron chi connectivity index (χ3n) is 1.64. The monoisotopic (exact) mass is 195 g/mol. The lowest BCUT2D eigenvalue weighted by molar-refractivity contribution is 0.916. The number of hydrogen-bond donors (Lipinski definition) is 2. The molecule has 0 aliphatic carbocycles. The SMILES string of the molecule is CCCNc1ncnc(NCCC)n1. The number of nitrogens with one attached hydrogen (secondary N) is 2. The summed E-state index contributed by atoms with van der Waals surface area (Å²) in [6, 6.07) is 0. The van der Waals surface area contributed by atoms with Crippen LogP contribution in [0, 0.1) is 0 Å². The highest BCUT2D eigenvalue weighted by molar-refractivity contribution is 5.32. The van der Waals surface area contributed by atoms with Crippen molar-refractivity contribution < 1.29 is 0 Å². The zero-order valence-corrected chi connectivity index (χ0v) is 8.75. The molecule has 1 aromatic heterocycles. The van der Waals surface area contributed by atoms with Crippen molar-refractivity contribution >= 4 is 11.9 Å². The zero-order chi connectivity index (χ0) is 10.2. The van der Waals surface area contributed by atoms with Crippen LogP contribution in [0.4, 0.5) is 11.9 Å². The molecule has 0 saturated heterocycles. The van der Waals surface area contributed by atoms with Crippen molar-refractivity contribution in [1.82, 2.24) is 15.0 Å². The fourth-order valence-corrected chi connectivity index (χ4v) is 0.940. The molecule has 0 atom stereocenters. The minimum atomic E-state index is 0.639. The first kappa shape index (κ1) is 10.7. The summed E-state index contributed by atoms with van der Waals surface area (Å²) in [6.45, 7) is 5.98. The van der Waals surface area contributed by atoms with Gasteiger partial charge in [0.1, 0.15) is 6.33 Å². The van der Waals surface area contributed by atoms with Crippen molar-refractivity contribution in [3.8, 4) is 0 Å². The van der Waals surface area contributed by atoms with Gasteiger partial charge >= 0.3 is 0 Å². The number of hydrogen-bond acceptors (Lipinski definition) is 5. The summed E-state index contributed by atoms with van der Waals surface area (Å²) in [5, 5.41) is 6.22. The lowest BCUT2D eigenvalue weighted by atomic mass is 10.5. The van der Waals surface area contributed by atoms with E-state index in [-0.39, 0.29) is 0 Å². The highest BCUT2D eigenvalue weighted by Crippen LogP contribution is 2.01. The minimum absolute atomic E-state index is 0.639. The van der Waals surface area contributed by atoms with Crippen molar-refractivity contribution in [1.29, 1.82) is 0 Å². The smallest absolute Gasteiger partial charge is 0.227 e. The van der Waals surface area contributed by atoms with Gasteiger partial charge in [0, 0.05) is 13.1 Å². The van der Waals surface area contributed by atoms with E-state index in [4.69, 9.17) is 0 Å². The van der Waals surface area contributed by atoms with Crippen LogP contribution in [-0.4, -0.2) is 28.0 Å². The first-order chi connectivity index (χ1) is 6.86. The quantitative estimate of drug-likeness (QED) is 0.720. The van der Waals surface area contributed by atoms with Crippen molar-refractivity contribution in [2.45, 2.75) is 26.7 Å². The molecule has 0 aromatic carbocycles. The Labute approximate surface area is 84.4 Å². The Bertz CT molecular complexity index is 240. The van der Waals surface area contributed by atoms with Gasteiger partial charge in [0.2, 0.25) is 11.9 Å². The molecule has 0 radical (unpaired) electrons. The van der Waals surface area contributed by atoms with Gasteiger partial charge in [-0.05, 0) is 12.8 Å². The van der Waals surface area contributed by atoms with E-state index in [0.717, 1.165) is 25.9 Å². The van der Waals surface area contributed by atoms with E-state index in [9.17, 15) is 0 Å². The lowest BCUT2D eigenvalue weighted by Crippen LogP contribution is -2.09. The Morgan fingerprint density at radius 3 is 1.93 bits per heavy atom. The molecule has 2 N–H and O–H groups in total. The van der Waals surface area contributed by atoms with Crippen LogP contribution in [-0.2, 0) is 0 Å². The largest absolute Gasteiger partial charge is 0.354 e. The maximum atomic E-state index is 4.20. The number of rotatable bonds is 6. The summed E-state index contributed by atoms with van der Waals surface area (Å²) >= 11 is 0. The van der Waals surface area contributed by atoms with Crippen molar-refractivity contribution in [2.75, 3.05) is 23.7 Å². The normalized spacial score (nSPS) is 9.86. The molecule has 5 nitrogen and oxygen atoms in total. The van der Waals surface area contributed by atoms with Gasteiger partial charge in [0.25, 0.3) is 0 Å². The first-order valence-electron chi connectivity index (χ1n) is 5.03. The Balaban J connectivity index is 2.50. The van der Waals surface area contributed by atoms with E-state index < -0.39 is 0 Å². The lowest BCUT2D eigenvalue weighted by Gasteiger charge is -2.05. The van der Waals surface area contributed by atoms with Gasteiger partial charge in [0.15, 0.2) is 0 Å².